The van der Waals surface area contributed by atoms with Gasteiger partial charge in [0.15, 0.2) is 0 Å². The topological polar surface area (TPSA) is 26.0 Å². The Morgan fingerprint density at radius 1 is 1.11 bits per heavy atom. The minimum absolute atomic E-state index is 0.317. The molecule has 0 saturated heterocycles. The summed E-state index contributed by atoms with van der Waals surface area (Å²) < 4.78 is 0. The van der Waals surface area contributed by atoms with Crippen molar-refractivity contribution in [3.8, 4) is 0 Å². The normalized spacial score (nSPS) is 12.4. The maximum Gasteiger partial charge on any atom is 0.0446 e. The molecule has 2 aromatic rings. The highest BCUT2D eigenvalue weighted by molar-refractivity contribution is 7.98. The predicted octanol–water partition coefficient (Wildman–Crippen LogP) is 4.58. The van der Waals surface area contributed by atoms with Gasteiger partial charge < -0.3 is 5.73 Å². The van der Waals surface area contributed by atoms with Gasteiger partial charge in [0.25, 0.3) is 0 Å². The smallest absolute Gasteiger partial charge is 0.0446 e. The molecular weight excluding hydrogens is 274 g/mol. The van der Waals surface area contributed by atoms with Crippen LogP contribution in [-0.2, 0) is 5.75 Å². The number of halogens is 1. The zero-order valence-corrected chi connectivity index (χ0v) is 12.5. The molecule has 2 aromatic carbocycles. The molecule has 0 aromatic heterocycles. The monoisotopic (exact) mass is 291 g/mol. The van der Waals surface area contributed by atoms with E-state index in [1.54, 1.807) is 0 Å². The van der Waals surface area contributed by atoms with Gasteiger partial charge >= 0.3 is 0 Å². The largest absolute Gasteiger partial charge is 0.329 e. The molecule has 0 fully saturated rings. The minimum atomic E-state index is 0.317. The number of nitrogens with two attached hydrogens (primary N) is 1. The average Bonchev–Trinajstić information content (AvgIpc) is 2.43. The fourth-order valence-electron chi connectivity index (χ4n) is 2.04. The quantitative estimate of drug-likeness (QED) is 0.872. The van der Waals surface area contributed by atoms with Crippen molar-refractivity contribution in [1.82, 2.24) is 0 Å². The van der Waals surface area contributed by atoms with Crippen molar-refractivity contribution in [2.45, 2.75) is 17.9 Å². The molecule has 100 valence electrons. The summed E-state index contributed by atoms with van der Waals surface area (Å²) in [6, 6.07) is 16.4. The lowest BCUT2D eigenvalue weighted by Gasteiger charge is -2.17. The molecule has 19 heavy (non-hydrogen) atoms. The van der Waals surface area contributed by atoms with Crippen LogP contribution in [0.25, 0.3) is 0 Å². The Bertz CT molecular complexity index is 542. The molecule has 2 N–H and O–H groups in total. The molecule has 3 heteroatoms. The third kappa shape index (κ3) is 3.75. The van der Waals surface area contributed by atoms with Gasteiger partial charge in [-0.1, -0.05) is 54.1 Å². The maximum atomic E-state index is 6.18. The van der Waals surface area contributed by atoms with E-state index in [1.165, 1.54) is 16.7 Å². The molecule has 1 unspecified atom stereocenters. The second-order valence-corrected chi connectivity index (χ2v) is 6.08. The number of aryl methyl sites for hydroxylation is 1. The molecule has 1 atom stereocenters. The number of rotatable bonds is 5. The molecule has 0 aliphatic rings. The fraction of sp³-hybridized carbons (Fsp3) is 0.250. The van der Waals surface area contributed by atoms with Crippen LogP contribution in [0.5, 0.6) is 0 Å². The molecule has 0 saturated carbocycles. The van der Waals surface area contributed by atoms with E-state index in [4.69, 9.17) is 17.3 Å². The fourth-order valence-corrected chi connectivity index (χ4v) is 3.53. The van der Waals surface area contributed by atoms with Gasteiger partial charge in [-0.25, -0.2) is 0 Å². The summed E-state index contributed by atoms with van der Waals surface area (Å²) in [5.74, 6) is 0.885. The predicted molar refractivity (Wildman–Crippen MR) is 85.7 cm³/mol. The Kier molecular flexibility index (Phi) is 5.32. The summed E-state index contributed by atoms with van der Waals surface area (Å²) in [5, 5.41) is 1.15. The highest BCUT2D eigenvalue weighted by Crippen LogP contribution is 2.33. The van der Waals surface area contributed by atoms with Gasteiger partial charge in [-0.05, 0) is 29.7 Å². The molecule has 0 heterocycles. The number of benzene rings is 2. The van der Waals surface area contributed by atoms with Crippen LogP contribution < -0.4 is 5.73 Å². The van der Waals surface area contributed by atoms with Crippen LogP contribution in [0, 0.1) is 6.92 Å². The van der Waals surface area contributed by atoms with Crippen molar-refractivity contribution in [2.75, 3.05) is 6.54 Å². The third-order valence-electron chi connectivity index (χ3n) is 3.15. The van der Waals surface area contributed by atoms with Crippen molar-refractivity contribution in [2.24, 2.45) is 5.73 Å². The van der Waals surface area contributed by atoms with Gasteiger partial charge in [-0.15, -0.1) is 11.8 Å². The molecule has 1 nitrogen and oxygen atoms in total. The Morgan fingerprint density at radius 2 is 1.79 bits per heavy atom. The standard InChI is InChI=1S/C16H18ClNS/c1-12-6-2-4-8-14(12)16(10-18)19-11-13-7-3-5-9-15(13)17/h2-9,16H,10-11,18H2,1H3. The first-order valence-corrected chi connectivity index (χ1v) is 7.75. The number of hydrogen-bond acceptors (Lipinski definition) is 2. The van der Waals surface area contributed by atoms with Crippen LogP contribution in [-0.4, -0.2) is 6.54 Å². The van der Waals surface area contributed by atoms with E-state index >= 15 is 0 Å². The van der Waals surface area contributed by atoms with Gasteiger partial charge in [-0.3, -0.25) is 0 Å². The Labute approximate surface area is 124 Å². The lowest BCUT2D eigenvalue weighted by Crippen LogP contribution is -2.10. The number of thioether (sulfide) groups is 1. The minimum Gasteiger partial charge on any atom is -0.329 e. The molecule has 2 rings (SSSR count). The van der Waals surface area contributed by atoms with Crippen molar-refractivity contribution in [1.29, 1.82) is 0 Å². The maximum absolute atomic E-state index is 6.18. The van der Waals surface area contributed by atoms with Gasteiger partial charge in [0.2, 0.25) is 0 Å². The van der Waals surface area contributed by atoms with E-state index in [9.17, 15) is 0 Å². The average molecular weight is 292 g/mol. The molecule has 0 aliphatic heterocycles. The van der Waals surface area contributed by atoms with E-state index in [2.05, 4.69) is 37.3 Å². The van der Waals surface area contributed by atoms with Crippen molar-refractivity contribution < 1.29 is 0 Å². The first-order valence-electron chi connectivity index (χ1n) is 6.33. The third-order valence-corrected chi connectivity index (χ3v) is 4.84. The van der Waals surface area contributed by atoms with Crippen molar-refractivity contribution in [3.63, 3.8) is 0 Å². The van der Waals surface area contributed by atoms with E-state index in [0.29, 0.717) is 11.8 Å². The zero-order valence-electron chi connectivity index (χ0n) is 11.0. The van der Waals surface area contributed by atoms with E-state index in [0.717, 1.165) is 10.8 Å². The molecule has 0 radical (unpaired) electrons. The van der Waals surface area contributed by atoms with Gasteiger partial charge in [0, 0.05) is 22.6 Å². The summed E-state index contributed by atoms with van der Waals surface area (Å²) in [7, 11) is 0. The van der Waals surface area contributed by atoms with E-state index in [-0.39, 0.29) is 0 Å². The van der Waals surface area contributed by atoms with Crippen molar-refractivity contribution >= 4 is 23.4 Å². The molecular formula is C16H18ClNS. The lowest BCUT2D eigenvalue weighted by atomic mass is 10.1. The molecule has 0 spiro atoms. The van der Waals surface area contributed by atoms with Gasteiger partial charge in [0.1, 0.15) is 0 Å². The summed E-state index contributed by atoms with van der Waals surface area (Å²) in [6.07, 6.45) is 0. The first-order chi connectivity index (χ1) is 9.22. The van der Waals surface area contributed by atoms with Crippen LogP contribution in [0.4, 0.5) is 0 Å². The summed E-state index contributed by atoms with van der Waals surface area (Å²) in [6.45, 7) is 2.77. The second-order valence-electron chi connectivity index (χ2n) is 4.48. The Balaban J connectivity index is 2.09. The first kappa shape index (κ1) is 14.4. The Hall–Kier alpha value is -0.960. The summed E-state index contributed by atoms with van der Waals surface area (Å²) in [4.78, 5) is 0. The number of hydrogen-bond donors (Lipinski definition) is 1. The van der Waals surface area contributed by atoms with Crippen LogP contribution in [0.1, 0.15) is 21.9 Å². The van der Waals surface area contributed by atoms with Gasteiger partial charge in [0.05, 0.1) is 0 Å². The van der Waals surface area contributed by atoms with Crippen LogP contribution in [0.3, 0.4) is 0 Å². The lowest BCUT2D eigenvalue weighted by molar-refractivity contribution is 0.930. The molecule has 0 bridgehead atoms. The molecule has 0 aliphatic carbocycles. The van der Waals surface area contributed by atoms with Crippen LogP contribution >= 0.6 is 23.4 Å². The Morgan fingerprint density at radius 3 is 2.47 bits per heavy atom. The second kappa shape index (κ2) is 6.99. The molecule has 0 amide bonds. The van der Waals surface area contributed by atoms with Gasteiger partial charge in [-0.2, -0.15) is 0 Å². The van der Waals surface area contributed by atoms with E-state index in [1.807, 2.05) is 30.0 Å². The van der Waals surface area contributed by atoms with Crippen LogP contribution in [0.2, 0.25) is 5.02 Å². The van der Waals surface area contributed by atoms with Crippen LogP contribution in [0.15, 0.2) is 48.5 Å². The summed E-state index contributed by atoms with van der Waals surface area (Å²) >= 11 is 8.03. The highest BCUT2D eigenvalue weighted by atomic mass is 35.5. The zero-order chi connectivity index (χ0) is 13.7. The SMILES string of the molecule is Cc1ccccc1C(CN)SCc1ccccc1Cl. The van der Waals surface area contributed by atoms with E-state index < -0.39 is 0 Å². The summed E-state index contributed by atoms with van der Waals surface area (Å²) in [5.41, 5.74) is 9.71. The van der Waals surface area contributed by atoms with Crippen molar-refractivity contribution in [3.05, 3.63) is 70.2 Å². The highest BCUT2D eigenvalue weighted by Gasteiger charge is 2.13.